The molecule has 126 valence electrons. The fourth-order valence-corrected chi connectivity index (χ4v) is 2.32. The monoisotopic (exact) mass is 316 g/mol. The minimum Gasteiger partial charge on any atom is -0.480 e. The highest BCUT2D eigenvalue weighted by Gasteiger charge is 2.28. The average molecular weight is 316 g/mol. The van der Waals surface area contributed by atoms with E-state index < -0.39 is 30.2 Å². The first-order valence-electron chi connectivity index (χ1n) is 7.04. The molecule has 2 amide bonds. The lowest BCUT2D eigenvalue weighted by Crippen LogP contribution is -2.47. The molecule has 0 fully saturated rings. The number of carboxylic acid groups (broad SMARTS) is 1. The van der Waals surface area contributed by atoms with Crippen molar-refractivity contribution in [3.63, 3.8) is 0 Å². The molecule has 0 saturated heterocycles. The van der Waals surface area contributed by atoms with E-state index in [0.717, 1.165) is 4.90 Å². The maximum atomic E-state index is 11.1. The first-order valence-corrected chi connectivity index (χ1v) is 7.04. The van der Waals surface area contributed by atoms with Crippen LogP contribution in [0.2, 0.25) is 0 Å². The van der Waals surface area contributed by atoms with Crippen LogP contribution in [0.25, 0.3) is 0 Å². The number of nitrogens with zero attached hydrogens (tertiary/aromatic N) is 2. The van der Waals surface area contributed by atoms with Crippen molar-refractivity contribution in [3.8, 4) is 0 Å². The van der Waals surface area contributed by atoms with Gasteiger partial charge in [-0.3, -0.25) is 9.69 Å². The average Bonchev–Trinajstić information content (AvgIpc) is 2.78. The summed E-state index contributed by atoms with van der Waals surface area (Å²) in [4.78, 5) is 26.9. The van der Waals surface area contributed by atoms with Gasteiger partial charge in [-0.15, -0.1) is 0 Å². The lowest BCUT2D eigenvalue weighted by Gasteiger charge is -2.18. The summed E-state index contributed by atoms with van der Waals surface area (Å²) in [7, 11) is 0. The predicted octanol–water partition coefficient (Wildman–Crippen LogP) is -2.28. The first-order chi connectivity index (χ1) is 10.2. The van der Waals surface area contributed by atoms with E-state index in [0.29, 0.717) is 25.7 Å². The van der Waals surface area contributed by atoms with E-state index in [-0.39, 0.29) is 18.5 Å². The maximum Gasteiger partial charge on any atom is 0.322 e. The highest BCUT2D eigenvalue weighted by molar-refractivity contribution is 5.96. The number of rotatable bonds is 8. The molecule has 0 radical (unpaired) electrons. The standard InChI is InChI=1S/C12H24N6O4/c13-8(9(14)10(20)21)3-1-2-7(19)4-6-5-18(12(16)22)11(15)17-6/h6-9,19H,1-5,13-14H2,(H2,15,17)(H2,16,22)(H,20,21)/t6?,7-,8+,9+/m1/s1. The van der Waals surface area contributed by atoms with Gasteiger partial charge in [0.1, 0.15) is 6.04 Å². The van der Waals surface area contributed by atoms with Gasteiger partial charge < -0.3 is 33.1 Å². The molecule has 1 aliphatic heterocycles. The van der Waals surface area contributed by atoms with Crippen LogP contribution in [0, 0.1) is 0 Å². The molecule has 1 heterocycles. The molecule has 0 saturated carbocycles. The van der Waals surface area contributed by atoms with Crippen LogP contribution in [0.15, 0.2) is 4.99 Å². The van der Waals surface area contributed by atoms with E-state index in [9.17, 15) is 14.7 Å². The number of hydrogen-bond acceptors (Lipinski definition) is 7. The van der Waals surface area contributed by atoms with E-state index >= 15 is 0 Å². The van der Waals surface area contributed by atoms with Crippen LogP contribution in [0.3, 0.4) is 0 Å². The Balaban J connectivity index is 2.29. The van der Waals surface area contributed by atoms with Crippen molar-refractivity contribution in [2.45, 2.75) is 49.9 Å². The van der Waals surface area contributed by atoms with Gasteiger partial charge in [0, 0.05) is 6.04 Å². The molecule has 0 spiro atoms. The minimum atomic E-state index is -1.14. The van der Waals surface area contributed by atoms with Gasteiger partial charge in [0.25, 0.3) is 0 Å². The summed E-state index contributed by atoms with van der Waals surface area (Å²) in [6, 6.07) is -2.74. The highest BCUT2D eigenvalue weighted by Crippen LogP contribution is 2.15. The number of carboxylic acids is 1. The summed E-state index contributed by atoms with van der Waals surface area (Å²) >= 11 is 0. The number of hydrogen-bond donors (Lipinski definition) is 6. The summed E-state index contributed by atoms with van der Waals surface area (Å²) in [6.07, 6.45) is 1.05. The van der Waals surface area contributed by atoms with Gasteiger partial charge in [0.2, 0.25) is 0 Å². The third-order valence-electron chi connectivity index (χ3n) is 3.62. The van der Waals surface area contributed by atoms with Crippen LogP contribution in [0.1, 0.15) is 25.7 Å². The second-order valence-corrected chi connectivity index (χ2v) is 5.44. The number of aliphatic hydroxyl groups excluding tert-OH is 1. The minimum absolute atomic E-state index is 0.0548. The predicted molar refractivity (Wildman–Crippen MR) is 79.8 cm³/mol. The van der Waals surface area contributed by atoms with Gasteiger partial charge in [0.05, 0.1) is 18.7 Å². The quantitative estimate of drug-likeness (QED) is 0.290. The van der Waals surface area contributed by atoms with Crippen molar-refractivity contribution in [3.05, 3.63) is 0 Å². The van der Waals surface area contributed by atoms with Crippen LogP contribution in [0.5, 0.6) is 0 Å². The van der Waals surface area contributed by atoms with Crippen molar-refractivity contribution >= 4 is 18.0 Å². The fraction of sp³-hybridized carbons (Fsp3) is 0.750. The molecule has 10 N–H and O–H groups in total. The van der Waals surface area contributed by atoms with Crippen LogP contribution in [-0.2, 0) is 4.79 Å². The smallest absolute Gasteiger partial charge is 0.322 e. The summed E-state index contributed by atoms with van der Waals surface area (Å²) < 4.78 is 0. The summed E-state index contributed by atoms with van der Waals surface area (Å²) in [5.74, 6) is -1.09. The number of primary amides is 1. The summed E-state index contributed by atoms with van der Waals surface area (Å²) in [5.41, 5.74) is 21.7. The Kier molecular flexibility index (Phi) is 6.53. The molecule has 1 unspecified atom stereocenters. The van der Waals surface area contributed by atoms with Gasteiger partial charge in [-0.05, 0) is 25.7 Å². The number of aliphatic hydroxyl groups is 1. The second-order valence-electron chi connectivity index (χ2n) is 5.44. The van der Waals surface area contributed by atoms with Gasteiger partial charge in [-0.1, -0.05) is 0 Å². The molecule has 10 nitrogen and oxygen atoms in total. The normalized spacial score (nSPS) is 22.0. The van der Waals surface area contributed by atoms with E-state index in [1.165, 1.54) is 0 Å². The van der Waals surface area contributed by atoms with Gasteiger partial charge in [-0.2, -0.15) is 0 Å². The van der Waals surface area contributed by atoms with Crippen LogP contribution < -0.4 is 22.9 Å². The number of carbonyl (C=O) groups excluding carboxylic acids is 1. The van der Waals surface area contributed by atoms with Crippen LogP contribution in [-0.4, -0.2) is 63.8 Å². The van der Waals surface area contributed by atoms with Crippen molar-refractivity contribution in [2.75, 3.05) is 6.54 Å². The first kappa shape index (κ1) is 18.1. The molecule has 0 aliphatic carbocycles. The number of aliphatic carboxylic acids is 1. The summed E-state index contributed by atoms with van der Waals surface area (Å²) in [6.45, 7) is 0.252. The number of urea groups is 1. The van der Waals surface area contributed by atoms with Crippen LogP contribution in [0.4, 0.5) is 4.79 Å². The molecule has 0 aromatic heterocycles. The molecule has 0 aromatic rings. The fourth-order valence-electron chi connectivity index (χ4n) is 2.32. The molecule has 4 atom stereocenters. The van der Waals surface area contributed by atoms with Crippen molar-refractivity contribution in [1.82, 2.24) is 4.90 Å². The Bertz CT molecular complexity index is 443. The van der Waals surface area contributed by atoms with E-state index in [1.54, 1.807) is 0 Å². The topological polar surface area (TPSA) is 194 Å². The lowest BCUT2D eigenvalue weighted by molar-refractivity contribution is -0.139. The van der Waals surface area contributed by atoms with Gasteiger partial charge in [-0.25, -0.2) is 9.79 Å². The highest BCUT2D eigenvalue weighted by atomic mass is 16.4. The zero-order valence-electron chi connectivity index (χ0n) is 12.3. The maximum absolute atomic E-state index is 11.1. The number of aliphatic imine (C=N–C) groups is 1. The lowest BCUT2D eigenvalue weighted by atomic mass is 9.99. The Hall–Kier alpha value is -1.91. The second kappa shape index (κ2) is 7.92. The van der Waals surface area contributed by atoms with E-state index in [4.69, 9.17) is 28.0 Å². The summed E-state index contributed by atoms with van der Waals surface area (Å²) in [5, 5.41) is 18.7. The van der Waals surface area contributed by atoms with E-state index in [2.05, 4.69) is 4.99 Å². The van der Waals surface area contributed by atoms with Gasteiger partial charge in [0.15, 0.2) is 5.96 Å². The molecule has 10 heteroatoms. The number of nitrogens with two attached hydrogens (primary N) is 4. The Morgan fingerprint density at radius 1 is 1.36 bits per heavy atom. The van der Waals surface area contributed by atoms with Crippen molar-refractivity contribution in [1.29, 1.82) is 0 Å². The third-order valence-corrected chi connectivity index (χ3v) is 3.62. The van der Waals surface area contributed by atoms with Crippen molar-refractivity contribution < 1.29 is 19.8 Å². The Labute approximate surface area is 128 Å². The number of amides is 2. The Morgan fingerprint density at radius 2 is 2.00 bits per heavy atom. The zero-order valence-corrected chi connectivity index (χ0v) is 12.3. The molecule has 0 bridgehead atoms. The Morgan fingerprint density at radius 3 is 2.50 bits per heavy atom. The van der Waals surface area contributed by atoms with Crippen LogP contribution >= 0.6 is 0 Å². The van der Waals surface area contributed by atoms with Gasteiger partial charge >= 0.3 is 12.0 Å². The van der Waals surface area contributed by atoms with Crippen molar-refractivity contribution in [2.24, 2.45) is 27.9 Å². The SMILES string of the molecule is NC(=O)N1CC(C[C@H](O)CCC[C@H](N)[C@H](N)C(=O)O)N=C1N. The molecule has 1 aliphatic rings. The molecular formula is C12H24N6O4. The van der Waals surface area contributed by atoms with E-state index in [1.807, 2.05) is 0 Å². The number of guanidine groups is 1. The molecule has 0 aromatic carbocycles. The largest absolute Gasteiger partial charge is 0.480 e. The third kappa shape index (κ3) is 5.13. The zero-order chi connectivity index (χ0) is 16.9. The molecular weight excluding hydrogens is 292 g/mol. The molecule has 1 rings (SSSR count). The number of carbonyl (C=O) groups is 2. The molecule has 22 heavy (non-hydrogen) atoms.